The van der Waals surface area contributed by atoms with Gasteiger partial charge in [0.1, 0.15) is 11.4 Å². The van der Waals surface area contributed by atoms with E-state index in [0.717, 1.165) is 4.47 Å². The molecule has 9 heteroatoms. The maximum Gasteiger partial charge on any atom is 0.238 e. The van der Waals surface area contributed by atoms with Crippen LogP contribution in [-0.4, -0.2) is 25.1 Å². The van der Waals surface area contributed by atoms with Crippen LogP contribution in [-0.2, 0) is 0 Å². The van der Waals surface area contributed by atoms with E-state index in [1.165, 1.54) is 18.1 Å². The monoisotopic (exact) mass is 287 g/mol. The van der Waals surface area contributed by atoms with Crippen LogP contribution in [0.25, 0.3) is 0 Å². The molecule has 4 N–H and O–H groups in total. The molecule has 0 aromatic carbocycles. The fraction of sp³-hybridized carbons (Fsp3) is 0. The highest BCUT2D eigenvalue weighted by molar-refractivity contribution is 9.10. The predicted octanol–water partition coefficient (Wildman–Crippen LogP) is 0.794. The van der Waals surface area contributed by atoms with Crippen molar-refractivity contribution in [2.75, 3.05) is 5.43 Å². The molecule has 0 radical (unpaired) electrons. The summed E-state index contributed by atoms with van der Waals surface area (Å²) in [6.45, 7) is 0. The Morgan fingerprint density at radius 1 is 1.47 bits per heavy atom. The van der Waals surface area contributed by atoms with Gasteiger partial charge < -0.3 is 0 Å². The molecule has 2 heterocycles. The minimum absolute atomic E-state index is 0.347. The summed E-state index contributed by atoms with van der Waals surface area (Å²) in [4.78, 5) is 12.1. The van der Waals surface area contributed by atoms with Gasteiger partial charge >= 0.3 is 0 Å². The number of nitrogens with two attached hydrogens (primary N) is 1. The Bertz CT molecular complexity index is 445. The molecule has 0 amide bonds. The molecular formula is C6H6BrN7S. The van der Waals surface area contributed by atoms with E-state index < -0.39 is 0 Å². The van der Waals surface area contributed by atoms with Crippen molar-refractivity contribution in [3.63, 3.8) is 0 Å². The predicted molar refractivity (Wildman–Crippen MR) is 58.0 cm³/mol. The highest BCUT2D eigenvalue weighted by atomic mass is 79.9. The average molecular weight is 288 g/mol. The normalized spacial score (nSPS) is 10.3. The Balaban J connectivity index is 2.27. The fourth-order valence-electron chi connectivity index (χ4n) is 0.828. The Kier molecular flexibility index (Phi) is 3.14. The lowest BCUT2D eigenvalue weighted by Gasteiger charge is -2.02. The first-order valence-corrected chi connectivity index (χ1v) is 5.43. The smallest absolute Gasteiger partial charge is 0.238 e. The number of nitrogen functional groups attached to an aromatic ring is 1. The van der Waals surface area contributed by atoms with Crippen molar-refractivity contribution < 1.29 is 0 Å². The van der Waals surface area contributed by atoms with E-state index in [4.69, 9.17) is 5.84 Å². The largest absolute Gasteiger partial charge is 0.292 e. The maximum atomic E-state index is 5.21. The van der Waals surface area contributed by atoms with E-state index in [1.54, 1.807) is 6.20 Å². The Morgan fingerprint density at radius 2 is 2.33 bits per heavy atom. The number of aromatic amines is 1. The number of hydrogen-bond donors (Lipinski definition) is 3. The van der Waals surface area contributed by atoms with E-state index in [2.05, 4.69) is 46.5 Å². The lowest BCUT2D eigenvalue weighted by Crippen LogP contribution is -2.10. The standard InChI is InChI=1S/C6H6BrN7S/c7-3-1-9-5(13-8)12-4(3)15-6-10-2-11-14-6/h1-2H,8H2,(H,9,12,13)(H,10,11,14). The summed E-state index contributed by atoms with van der Waals surface area (Å²) in [5.41, 5.74) is 2.37. The molecule has 0 fully saturated rings. The highest BCUT2D eigenvalue weighted by Crippen LogP contribution is 2.29. The van der Waals surface area contributed by atoms with Gasteiger partial charge in [0.2, 0.25) is 5.95 Å². The van der Waals surface area contributed by atoms with Gasteiger partial charge in [-0.2, -0.15) is 5.10 Å². The summed E-state index contributed by atoms with van der Waals surface area (Å²) in [6.07, 6.45) is 3.04. The number of anilines is 1. The molecule has 15 heavy (non-hydrogen) atoms. The number of H-pyrrole nitrogens is 1. The third-order valence-corrected chi connectivity index (χ3v) is 3.16. The minimum Gasteiger partial charge on any atom is -0.292 e. The molecule has 2 aromatic rings. The van der Waals surface area contributed by atoms with Gasteiger partial charge in [0.05, 0.1) is 4.47 Å². The van der Waals surface area contributed by atoms with Gasteiger partial charge in [-0.15, -0.1) is 0 Å². The van der Waals surface area contributed by atoms with Crippen LogP contribution in [0.15, 0.2) is 27.2 Å². The second-order valence-electron chi connectivity index (χ2n) is 2.38. The average Bonchev–Trinajstić information content (AvgIpc) is 2.74. The van der Waals surface area contributed by atoms with Crippen molar-refractivity contribution in [1.29, 1.82) is 0 Å². The fourth-order valence-corrected chi connectivity index (χ4v) is 1.93. The van der Waals surface area contributed by atoms with Crippen LogP contribution in [0, 0.1) is 0 Å². The lowest BCUT2D eigenvalue weighted by molar-refractivity contribution is 0.957. The highest BCUT2D eigenvalue weighted by Gasteiger charge is 2.08. The SMILES string of the molecule is NNc1ncc(Br)c(Sc2ncn[nH]2)n1. The molecule has 0 aliphatic heterocycles. The van der Waals surface area contributed by atoms with E-state index in [0.29, 0.717) is 16.1 Å². The number of hydrogen-bond acceptors (Lipinski definition) is 7. The molecule has 7 nitrogen and oxygen atoms in total. The summed E-state index contributed by atoms with van der Waals surface area (Å²) < 4.78 is 0.767. The zero-order valence-electron chi connectivity index (χ0n) is 7.31. The van der Waals surface area contributed by atoms with Gasteiger partial charge in [-0.25, -0.2) is 20.8 Å². The minimum atomic E-state index is 0.347. The summed E-state index contributed by atoms with van der Waals surface area (Å²) in [7, 11) is 0. The van der Waals surface area contributed by atoms with Crippen LogP contribution in [0.5, 0.6) is 0 Å². The third-order valence-electron chi connectivity index (χ3n) is 1.43. The second-order valence-corrected chi connectivity index (χ2v) is 4.22. The van der Waals surface area contributed by atoms with Gasteiger partial charge in [0.25, 0.3) is 0 Å². The number of halogens is 1. The van der Waals surface area contributed by atoms with Crippen molar-refractivity contribution in [2.45, 2.75) is 10.2 Å². The zero-order chi connectivity index (χ0) is 10.7. The van der Waals surface area contributed by atoms with Crippen LogP contribution >= 0.6 is 27.7 Å². The van der Waals surface area contributed by atoms with Crippen LogP contribution in [0.1, 0.15) is 0 Å². The first-order valence-electron chi connectivity index (χ1n) is 3.82. The van der Waals surface area contributed by atoms with E-state index in [9.17, 15) is 0 Å². The Morgan fingerprint density at radius 3 is 3.00 bits per heavy atom. The molecule has 0 unspecified atom stereocenters. The first kappa shape index (κ1) is 10.3. The van der Waals surface area contributed by atoms with Crippen molar-refractivity contribution in [3.8, 4) is 0 Å². The van der Waals surface area contributed by atoms with Gasteiger partial charge in [-0.05, 0) is 27.7 Å². The van der Waals surface area contributed by atoms with Crippen LogP contribution in [0.4, 0.5) is 5.95 Å². The molecule has 2 rings (SSSR count). The number of hydrazine groups is 1. The summed E-state index contributed by atoms with van der Waals surface area (Å²) in [6, 6.07) is 0. The second kappa shape index (κ2) is 4.55. The van der Waals surface area contributed by atoms with Crippen molar-refractivity contribution in [1.82, 2.24) is 25.1 Å². The number of rotatable bonds is 3. The molecule has 0 atom stereocenters. The Hall–Kier alpha value is -1.19. The summed E-state index contributed by atoms with van der Waals surface area (Å²) in [5, 5.41) is 7.81. The molecule has 0 saturated carbocycles. The van der Waals surface area contributed by atoms with Gasteiger partial charge in [0.15, 0.2) is 5.16 Å². The molecule has 2 aromatic heterocycles. The van der Waals surface area contributed by atoms with Crippen LogP contribution in [0.3, 0.4) is 0 Å². The van der Waals surface area contributed by atoms with Gasteiger partial charge in [0, 0.05) is 6.20 Å². The van der Waals surface area contributed by atoms with Crippen LogP contribution in [0.2, 0.25) is 0 Å². The number of nitrogens with one attached hydrogen (secondary N) is 2. The maximum absolute atomic E-state index is 5.21. The number of aromatic nitrogens is 5. The van der Waals surface area contributed by atoms with E-state index in [-0.39, 0.29) is 0 Å². The number of nitrogens with zero attached hydrogens (tertiary/aromatic N) is 4. The summed E-state index contributed by atoms with van der Waals surface area (Å²) in [5.74, 6) is 5.55. The molecule has 0 aliphatic carbocycles. The molecule has 0 aliphatic rings. The molecule has 0 saturated heterocycles. The van der Waals surface area contributed by atoms with Gasteiger partial charge in [-0.1, -0.05) is 0 Å². The summed E-state index contributed by atoms with van der Waals surface area (Å²) >= 11 is 4.66. The van der Waals surface area contributed by atoms with Crippen molar-refractivity contribution in [3.05, 3.63) is 17.0 Å². The van der Waals surface area contributed by atoms with Crippen molar-refractivity contribution in [2.24, 2.45) is 5.84 Å². The first-order chi connectivity index (χ1) is 7.29. The zero-order valence-corrected chi connectivity index (χ0v) is 9.71. The van der Waals surface area contributed by atoms with E-state index >= 15 is 0 Å². The Labute approximate surface area is 97.4 Å². The van der Waals surface area contributed by atoms with E-state index in [1.807, 2.05) is 0 Å². The lowest BCUT2D eigenvalue weighted by atomic mass is 10.7. The quantitative estimate of drug-likeness (QED) is 0.435. The molecule has 0 bridgehead atoms. The van der Waals surface area contributed by atoms with Crippen LogP contribution < -0.4 is 11.3 Å². The molecule has 0 spiro atoms. The molecule has 78 valence electrons. The van der Waals surface area contributed by atoms with Crippen molar-refractivity contribution >= 4 is 33.6 Å². The third kappa shape index (κ3) is 2.43. The topological polar surface area (TPSA) is 105 Å². The molecular weight excluding hydrogens is 282 g/mol. The van der Waals surface area contributed by atoms with Gasteiger partial charge in [-0.3, -0.25) is 10.5 Å².